The fraction of sp³-hybridized carbons (Fsp3) is 0.412. The summed E-state index contributed by atoms with van der Waals surface area (Å²) in [5.41, 5.74) is 1.54. The van der Waals surface area contributed by atoms with Gasteiger partial charge in [-0.3, -0.25) is 4.79 Å². The monoisotopic (exact) mass is 341 g/mol. The van der Waals surface area contributed by atoms with Crippen molar-refractivity contribution < 1.29 is 9.32 Å². The Morgan fingerprint density at radius 1 is 1.32 bits per heavy atom. The minimum atomic E-state index is -0.286. The van der Waals surface area contributed by atoms with Crippen molar-refractivity contribution in [1.29, 1.82) is 0 Å². The molecule has 8 heteroatoms. The van der Waals surface area contributed by atoms with Crippen molar-refractivity contribution in [3.63, 3.8) is 0 Å². The van der Waals surface area contributed by atoms with E-state index in [0.717, 1.165) is 12.8 Å². The summed E-state index contributed by atoms with van der Waals surface area (Å²) in [4.78, 5) is 35.9. The van der Waals surface area contributed by atoms with Crippen LogP contribution < -0.4 is 5.69 Å². The van der Waals surface area contributed by atoms with Gasteiger partial charge in [-0.2, -0.15) is 4.98 Å². The first kappa shape index (κ1) is 15.6. The lowest BCUT2D eigenvalue weighted by atomic mass is 10.1. The number of imidazole rings is 1. The molecule has 1 amide bonds. The van der Waals surface area contributed by atoms with Gasteiger partial charge in [-0.15, -0.1) is 0 Å². The standard InChI is InChI=1S/C17H19N5O3/c1-9(2)15-20-14(21-25-15)13-4-3-7-22(13)16(23)10-5-6-11-12(8-10)19-17(24)18-11/h5-6,8-9,13H,3-4,7H2,1-2H3,(H2,18,19,24)/t13-/m0/s1. The third-order valence-electron chi connectivity index (χ3n) is 4.53. The number of carbonyl (C=O) groups is 1. The Morgan fingerprint density at radius 2 is 2.12 bits per heavy atom. The molecule has 0 aliphatic carbocycles. The molecule has 1 saturated heterocycles. The zero-order chi connectivity index (χ0) is 17.6. The van der Waals surface area contributed by atoms with Gasteiger partial charge in [-0.05, 0) is 31.0 Å². The fourth-order valence-corrected chi connectivity index (χ4v) is 3.23. The van der Waals surface area contributed by atoms with Gasteiger partial charge in [0.1, 0.15) is 0 Å². The SMILES string of the molecule is CC(C)c1nc([C@@H]2CCCN2C(=O)c2ccc3[nH]c(=O)[nH]c3c2)no1. The van der Waals surface area contributed by atoms with Gasteiger partial charge in [-0.25, -0.2) is 4.79 Å². The number of likely N-dealkylation sites (tertiary alicyclic amines) is 1. The maximum absolute atomic E-state index is 13.0. The second-order valence-corrected chi connectivity index (χ2v) is 6.64. The number of hydrogen-bond donors (Lipinski definition) is 2. The smallest absolute Gasteiger partial charge is 0.323 e. The van der Waals surface area contributed by atoms with E-state index in [1.54, 1.807) is 23.1 Å². The van der Waals surface area contributed by atoms with E-state index in [4.69, 9.17) is 4.52 Å². The number of aromatic amines is 2. The highest BCUT2D eigenvalue weighted by molar-refractivity contribution is 5.97. The van der Waals surface area contributed by atoms with Crippen molar-refractivity contribution in [2.75, 3.05) is 6.54 Å². The quantitative estimate of drug-likeness (QED) is 0.760. The predicted octanol–water partition coefficient (Wildman–Crippen LogP) is 2.34. The highest BCUT2D eigenvalue weighted by Crippen LogP contribution is 2.32. The van der Waals surface area contributed by atoms with E-state index in [2.05, 4.69) is 20.1 Å². The number of benzene rings is 1. The van der Waals surface area contributed by atoms with Crippen LogP contribution in [0.25, 0.3) is 11.0 Å². The van der Waals surface area contributed by atoms with Gasteiger partial charge in [0.15, 0.2) is 5.82 Å². The average molecular weight is 341 g/mol. The Balaban J connectivity index is 1.63. The van der Waals surface area contributed by atoms with Gasteiger partial charge in [0.2, 0.25) is 5.89 Å². The minimum absolute atomic E-state index is 0.0951. The molecule has 3 heterocycles. The molecule has 2 N–H and O–H groups in total. The molecule has 1 fully saturated rings. The van der Waals surface area contributed by atoms with Crippen LogP contribution in [0.4, 0.5) is 0 Å². The van der Waals surface area contributed by atoms with E-state index in [9.17, 15) is 9.59 Å². The number of carbonyl (C=O) groups excluding carboxylic acids is 1. The fourth-order valence-electron chi connectivity index (χ4n) is 3.23. The molecular weight excluding hydrogens is 322 g/mol. The largest absolute Gasteiger partial charge is 0.339 e. The zero-order valence-corrected chi connectivity index (χ0v) is 14.1. The molecule has 0 saturated carbocycles. The Morgan fingerprint density at radius 3 is 2.88 bits per heavy atom. The van der Waals surface area contributed by atoms with Gasteiger partial charge in [0, 0.05) is 18.0 Å². The van der Waals surface area contributed by atoms with Crippen molar-refractivity contribution in [1.82, 2.24) is 25.0 Å². The molecule has 1 atom stereocenters. The van der Waals surface area contributed by atoms with Crippen LogP contribution in [-0.4, -0.2) is 37.5 Å². The Hall–Kier alpha value is -2.90. The van der Waals surface area contributed by atoms with Gasteiger partial charge >= 0.3 is 5.69 Å². The molecule has 0 spiro atoms. The summed E-state index contributed by atoms with van der Waals surface area (Å²) in [5.74, 6) is 1.20. The summed E-state index contributed by atoms with van der Waals surface area (Å²) < 4.78 is 5.29. The lowest BCUT2D eigenvalue weighted by molar-refractivity contribution is 0.0728. The van der Waals surface area contributed by atoms with Crippen LogP contribution in [0.15, 0.2) is 27.5 Å². The topological polar surface area (TPSA) is 108 Å². The summed E-state index contributed by atoms with van der Waals surface area (Å²) in [5, 5.41) is 4.07. The van der Waals surface area contributed by atoms with E-state index >= 15 is 0 Å². The lowest BCUT2D eigenvalue weighted by Gasteiger charge is -2.22. The van der Waals surface area contributed by atoms with Crippen LogP contribution in [0.3, 0.4) is 0 Å². The number of aromatic nitrogens is 4. The molecule has 0 bridgehead atoms. The van der Waals surface area contributed by atoms with Crippen LogP contribution in [0.5, 0.6) is 0 Å². The van der Waals surface area contributed by atoms with Crippen LogP contribution in [-0.2, 0) is 0 Å². The van der Waals surface area contributed by atoms with Crippen LogP contribution >= 0.6 is 0 Å². The van der Waals surface area contributed by atoms with Gasteiger partial charge < -0.3 is 19.4 Å². The number of amides is 1. The Kier molecular flexibility index (Phi) is 3.67. The maximum Gasteiger partial charge on any atom is 0.323 e. The number of hydrogen-bond acceptors (Lipinski definition) is 5. The summed E-state index contributed by atoms with van der Waals surface area (Å²) in [6.07, 6.45) is 1.71. The van der Waals surface area contributed by atoms with Crippen LogP contribution in [0, 0.1) is 0 Å². The van der Waals surface area contributed by atoms with Crippen LogP contribution in [0.2, 0.25) is 0 Å². The molecule has 1 aliphatic rings. The van der Waals surface area contributed by atoms with Gasteiger partial charge in [0.25, 0.3) is 5.91 Å². The van der Waals surface area contributed by atoms with Crippen molar-refractivity contribution >= 4 is 16.9 Å². The number of rotatable bonds is 3. The maximum atomic E-state index is 13.0. The summed E-state index contributed by atoms with van der Waals surface area (Å²) in [6, 6.07) is 4.97. The molecular formula is C17H19N5O3. The number of fused-ring (bicyclic) bond motifs is 1. The lowest BCUT2D eigenvalue weighted by Crippen LogP contribution is -2.31. The highest BCUT2D eigenvalue weighted by Gasteiger charge is 2.34. The number of nitrogens with zero attached hydrogens (tertiary/aromatic N) is 3. The second-order valence-electron chi connectivity index (χ2n) is 6.64. The molecule has 130 valence electrons. The normalized spacial score (nSPS) is 17.7. The van der Waals surface area contributed by atoms with E-state index < -0.39 is 0 Å². The van der Waals surface area contributed by atoms with Crippen molar-refractivity contribution in [2.24, 2.45) is 0 Å². The first-order valence-corrected chi connectivity index (χ1v) is 8.39. The molecule has 1 aromatic carbocycles. The van der Waals surface area contributed by atoms with E-state index in [1.165, 1.54) is 0 Å². The first-order chi connectivity index (χ1) is 12.0. The third kappa shape index (κ3) is 2.73. The number of nitrogens with one attached hydrogen (secondary N) is 2. The molecule has 0 radical (unpaired) electrons. The van der Waals surface area contributed by atoms with Crippen molar-refractivity contribution in [3.8, 4) is 0 Å². The van der Waals surface area contributed by atoms with E-state index in [0.29, 0.717) is 34.9 Å². The summed E-state index contributed by atoms with van der Waals surface area (Å²) in [7, 11) is 0. The Labute approximate surface area is 143 Å². The summed E-state index contributed by atoms with van der Waals surface area (Å²) in [6.45, 7) is 4.63. The molecule has 8 nitrogen and oxygen atoms in total. The van der Waals surface area contributed by atoms with Crippen LogP contribution in [0.1, 0.15) is 60.7 Å². The zero-order valence-electron chi connectivity index (χ0n) is 14.1. The van der Waals surface area contributed by atoms with E-state index in [1.807, 2.05) is 13.8 Å². The predicted molar refractivity (Wildman–Crippen MR) is 90.3 cm³/mol. The molecule has 2 aromatic heterocycles. The highest BCUT2D eigenvalue weighted by atomic mass is 16.5. The number of H-pyrrole nitrogens is 2. The minimum Gasteiger partial charge on any atom is -0.339 e. The third-order valence-corrected chi connectivity index (χ3v) is 4.53. The van der Waals surface area contributed by atoms with Gasteiger partial charge in [-0.1, -0.05) is 19.0 Å². The molecule has 25 heavy (non-hydrogen) atoms. The molecule has 0 unspecified atom stereocenters. The average Bonchev–Trinajstić information content (AvgIpc) is 3.30. The van der Waals surface area contributed by atoms with E-state index in [-0.39, 0.29) is 23.6 Å². The second kappa shape index (κ2) is 5.87. The van der Waals surface area contributed by atoms with Gasteiger partial charge in [0.05, 0.1) is 17.1 Å². The molecule has 3 aromatic rings. The van der Waals surface area contributed by atoms with Crippen molar-refractivity contribution in [3.05, 3.63) is 46.0 Å². The molecule has 4 rings (SSSR count). The Bertz CT molecular complexity index is 983. The molecule has 1 aliphatic heterocycles. The summed E-state index contributed by atoms with van der Waals surface area (Å²) >= 11 is 0. The van der Waals surface area contributed by atoms with Crippen molar-refractivity contribution in [2.45, 2.75) is 38.6 Å². The first-order valence-electron chi connectivity index (χ1n) is 8.39.